The molecule has 306 valence electrons. The number of hydrogen-bond acceptors (Lipinski definition) is 12. The third-order valence-electron chi connectivity index (χ3n) is 8.32. The van der Waals surface area contributed by atoms with E-state index in [4.69, 9.17) is 33.2 Å². The Morgan fingerprint density at radius 3 is 1.26 bits per heavy atom. The summed E-state index contributed by atoms with van der Waals surface area (Å²) in [6.07, 6.45) is 4.76. The van der Waals surface area contributed by atoms with Crippen LogP contribution in [-0.4, -0.2) is 76.1 Å². The van der Waals surface area contributed by atoms with E-state index in [1.54, 1.807) is 30.3 Å². The summed E-state index contributed by atoms with van der Waals surface area (Å²) >= 11 is 0. The zero-order valence-electron chi connectivity index (χ0n) is 32.2. The summed E-state index contributed by atoms with van der Waals surface area (Å²) in [7, 11) is 0. The fourth-order valence-electron chi connectivity index (χ4n) is 4.70. The van der Waals surface area contributed by atoms with E-state index in [1.807, 2.05) is 55.5 Å². The van der Waals surface area contributed by atoms with E-state index in [-0.39, 0.29) is 59.1 Å². The minimum absolute atomic E-state index is 0. The maximum Gasteiger partial charge on any atom is 0.338 e. The number of esters is 5. The molecule has 3 aromatic rings. The average molecular weight is 787 g/mol. The van der Waals surface area contributed by atoms with Crippen molar-refractivity contribution in [1.29, 1.82) is 0 Å². The molecule has 0 spiro atoms. The fraction of sp³-hybridized carbons (Fsp3) is 0.311. The first-order valence-electron chi connectivity index (χ1n) is 17.7. The molecule has 0 radical (unpaired) electrons. The molecule has 0 aliphatic heterocycles. The van der Waals surface area contributed by atoms with Gasteiger partial charge in [0.2, 0.25) is 0 Å². The van der Waals surface area contributed by atoms with Gasteiger partial charge in [-0.25, -0.2) is 24.0 Å². The topological polar surface area (TPSA) is 150 Å². The van der Waals surface area contributed by atoms with Crippen molar-refractivity contribution in [3.05, 3.63) is 146 Å². The van der Waals surface area contributed by atoms with Crippen LogP contribution in [0, 0.1) is 5.41 Å². The summed E-state index contributed by atoms with van der Waals surface area (Å²) in [4.78, 5) is 56.9. The minimum Gasteiger partial charge on any atom is -0.490 e. The van der Waals surface area contributed by atoms with Gasteiger partial charge in [-0.1, -0.05) is 97.0 Å². The van der Waals surface area contributed by atoms with Gasteiger partial charge in [0.25, 0.3) is 0 Å². The lowest BCUT2D eigenvalue weighted by atomic mass is 9.78. The highest BCUT2D eigenvalue weighted by Crippen LogP contribution is 2.33. The first-order chi connectivity index (χ1) is 26.8. The molecule has 0 amide bonds. The molecule has 12 nitrogen and oxygen atoms in total. The van der Waals surface area contributed by atoms with E-state index in [9.17, 15) is 24.0 Å². The van der Waals surface area contributed by atoms with Crippen LogP contribution in [0.25, 0.3) is 0 Å². The third kappa shape index (κ3) is 17.3. The second-order valence-electron chi connectivity index (χ2n) is 12.5. The molecule has 0 aromatic heterocycles. The lowest BCUT2D eigenvalue weighted by molar-refractivity contribution is -0.150. The van der Waals surface area contributed by atoms with E-state index in [2.05, 4.69) is 40.2 Å². The Hall–Kier alpha value is -6.43. The normalized spacial score (nSPS) is 10.4. The molecule has 0 N–H and O–H groups in total. The van der Waals surface area contributed by atoms with Crippen LogP contribution in [0.3, 0.4) is 0 Å². The zero-order chi connectivity index (χ0) is 41.4. The van der Waals surface area contributed by atoms with Gasteiger partial charge in [-0.15, -0.1) is 0 Å². The predicted molar refractivity (Wildman–Crippen MR) is 217 cm³/mol. The smallest absolute Gasteiger partial charge is 0.338 e. The van der Waals surface area contributed by atoms with Crippen molar-refractivity contribution < 1.29 is 57.1 Å². The van der Waals surface area contributed by atoms with Gasteiger partial charge in [0.05, 0.1) is 11.0 Å². The van der Waals surface area contributed by atoms with Crippen molar-refractivity contribution in [1.82, 2.24) is 0 Å². The Kier molecular flexibility index (Phi) is 21.8. The molecule has 0 atom stereocenters. The Morgan fingerprint density at radius 1 is 0.526 bits per heavy atom. The van der Waals surface area contributed by atoms with Crippen molar-refractivity contribution in [3.63, 3.8) is 0 Å². The van der Waals surface area contributed by atoms with Crippen LogP contribution in [0.4, 0.5) is 0 Å². The number of carbonyl (C=O) groups is 5. The van der Waals surface area contributed by atoms with Gasteiger partial charge in [0.1, 0.15) is 57.7 Å². The SMILES string of the molecule is C.C=CC(=O)OCC(CC)(COC(=O)C=C)COC(=O)c1ccccc1.C=CC(=O)OCCOc1ccc(C(C)(C)c2ccc(OCCOC(=O)C=C)cc2)cc1. The van der Waals surface area contributed by atoms with E-state index < -0.39 is 35.3 Å². The second kappa shape index (κ2) is 25.6. The largest absolute Gasteiger partial charge is 0.490 e. The lowest BCUT2D eigenvalue weighted by Gasteiger charge is -2.30. The number of rotatable bonds is 22. The Labute approximate surface area is 335 Å². The molecular weight excluding hydrogens is 732 g/mol. The zero-order valence-corrected chi connectivity index (χ0v) is 32.2. The van der Waals surface area contributed by atoms with Crippen molar-refractivity contribution in [2.75, 3.05) is 46.2 Å². The molecular formula is C45H54O12. The molecule has 0 saturated carbocycles. The predicted octanol–water partition coefficient (Wildman–Crippen LogP) is 7.56. The van der Waals surface area contributed by atoms with Gasteiger partial charge in [-0.2, -0.15) is 0 Å². The first kappa shape index (κ1) is 48.6. The van der Waals surface area contributed by atoms with Gasteiger partial charge in [-0.3, -0.25) is 0 Å². The molecule has 0 bridgehead atoms. The van der Waals surface area contributed by atoms with Gasteiger partial charge in [0.15, 0.2) is 0 Å². The second-order valence-corrected chi connectivity index (χ2v) is 12.5. The van der Waals surface area contributed by atoms with E-state index in [0.717, 1.165) is 35.4 Å². The number of hydrogen-bond donors (Lipinski definition) is 0. The van der Waals surface area contributed by atoms with E-state index >= 15 is 0 Å². The van der Waals surface area contributed by atoms with Crippen molar-refractivity contribution >= 4 is 29.8 Å². The Balaban J connectivity index is 0.000000573. The van der Waals surface area contributed by atoms with Gasteiger partial charge in [-0.05, 0) is 53.9 Å². The van der Waals surface area contributed by atoms with Crippen LogP contribution in [-0.2, 0) is 48.3 Å². The summed E-state index contributed by atoms with van der Waals surface area (Å²) in [5, 5.41) is 0. The highest BCUT2D eigenvalue weighted by Gasteiger charge is 2.34. The quantitative estimate of drug-likeness (QED) is 0.0428. The van der Waals surface area contributed by atoms with E-state index in [0.29, 0.717) is 23.5 Å². The van der Waals surface area contributed by atoms with Crippen molar-refractivity contribution in [3.8, 4) is 11.5 Å². The molecule has 0 saturated heterocycles. The van der Waals surface area contributed by atoms with Crippen LogP contribution >= 0.6 is 0 Å². The summed E-state index contributed by atoms with van der Waals surface area (Å²) in [5.74, 6) is -1.25. The molecule has 57 heavy (non-hydrogen) atoms. The third-order valence-corrected chi connectivity index (χ3v) is 8.32. The Bertz CT molecular complexity index is 1660. The van der Waals surface area contributed by atoms with Crippen LogP contribution in [0.5, 0.6) is 11.5 Å². The van der Waals surface area contributed by atoms with Gasteiger partial charge in [0, 0.05) is 29.7 Å². The fourth-order valence-corrected chi connectivity index (χ4v) is 4.70. The highest BCUT2D eigenvalue weighted by atomic mass is 16.6. The average Bonchev–Trinajstić information content (AvgIpc) is 3.24. The van der Waals surface area contributed by atoms with Crippen molar-refractivity contribution in [2.45, 2.75) is 40.0 Å². The van der Waals surface area contributed by atoms with Gasteiger partial charge >= 0.3 is 29.8 Å². The summed E-state index contributed by atoms with van der Waals surface area (Å²) in [6, 6.07) is 24.2. The highest BCUT2D eigenvalue weighted by molar-refractivity contribution is 5.89. The standard InChI is InChI=1S/C25H28O6.C19H22O6.CH4/c1-5-23(26)30-17-15-28-21-11-7-19(8-12-21)25(3,4)20-9-13-22(14-10-20)29-16-18-31-24(27)6-2;1-4-16(20)23-12-19(6-3,13-24-17(21)5-2)14-25-18(22)15-10-8-7-9-11-15;/h5-14H,1-2,15-18H2,3-4H3;4-5,7-11H,1-2,6,12-14H2,3H3;1H4. The molecule has 0 aliphatic carbocycles. The summed E-state index contributed by atoms with van der Waals surface area (Å²) in [6.45, 7) is 20.1. The number of carbonyl (C=O) groups excluding carboxylic acids is 5. The van der Waals surface area contributed by atoms with Crippen molar-refractivity contribution in [2.24, 2.45) is 5.41 Å². The molecule has 3 aromatic carbocycles. The summed E-state index contributed by atoms with van der Waals surface area (Å²) in [5.41, 5.74) is 1.57. The number of ether oxygens (including phenoxy) is 7. The maximum absolute atomic E-state index is 12.1. The first-order valence-corrected chi connectivity index (χ1v) is 17.7. The van der Waals surface area contributed by atoms with E-state index in [1.165, 1.54) is 0 Å². The van der Waals surface area contributed by atoms with Crippen LogP contribution in [0.15, 0.2) is 129 Å². The molecule has 3 rings (SSSR count). The summed E-state index contributed by atoms with van der Waals surface area (Å²) < 4.78 is 36.5. The molecule has 12 heteroatoms. The maximum atomic E-state index is 12.1. The molecule has 0 heterocycles. The molecule has 0 fully saturated rings. The molecule has 0 unspecified atom stereocenters. The minimum atomic E-state index is -0.859. The van der Waals surface area contributed by atoms with Gasteiger partial charge < -0.3 is 33.2 Å². The van der Waals surface area contributed by atoms with Crippen LogP contribution in [0.2, 0.25) is 0 Å². The monoisotopic (exact) mass is 786 g/mol. The van der Waals surface area contributed by atoms with Crippen LogP contribution < -0.4 is 9.47 Å². The Morgan fingerprint density at radius 2 is 0.895 bits per heavy atom. The van der Waals surface area contributed by atoms with Crippen LogP contribution in [0.1, 0.15) is 56.1 Å². The number of benzene rings is 3. The lowest BCUT2D eigenvalue weighted by Crippen LogP contribution is -2.38. The molecule has 0 aliphatic rings.